The van der Waals surface area contributed by atoms with Gasteiger partial charge in [0, 0.05) is 0 Å². The zero-order valence-electron chi connectivity index (χ0n) is 13.1. The molecule has 0 bridgehead atoms. The molecule has 2 heterocycles. The van der Waals surface area contributed by atoms with E-state index in [2.05, 4.69) is 0 Å². The van der Waals surface area contributed by atoms with Crippen LogP contribution in [-0.4, -0.2) is 12.4 Å². The van der Waals surface area contributed by atoms with E-state index in [0.717, 1.165) is 11.1 Å². The second-order valence-electron chi connectivity index (χ2n) is 5.49. The van der Waals surface area contributed by atoms with E-state index in [-0.39, 0.29) is 29.3 Å². The maximum atomic E-state index is 12.8. The van der Waals surface area contributed by atoms with Crippen molar-refractivity contribution in [3.8, 4) is 17.3 Å². The van der Waals surface area contributed by atoms with Crippen molar-refractivity contribution in [1.29, 1.82) is 0 Å². The van der Waals surface area contributed by atoms with Crippen LogP contribution >= 0.6 is 0 Å². The van der Waals surface area contributed by atoms with Crippen molar-refractivity contribution in [2.45, 2.75) is 20.8 Å². The number of hydrogen-bond donors (Lipinski definition) is 0. The van der Waals surface area contributed by atoms with Gasteiger partial charge in [-0.3, -0.25) is 9.59 Å². The van der Waals surface area contributed by atoms with Gasteiger partial charge < -0.3 is 13.6 Å². The second kappa shape index (κ2) is 5.76. The summed E-state index contributed by atoms with van der Waals surface area (Å²) in [6.07, 6.45) is 1.48. The van der Waals surface area contributed by atoms with Gasteiger partial charge in [-0.2, -0.15) is 0 Å². The highest BCUT2D eigenvalue weighted by Gasteiger charge is 2.20. The number of Topliss-reactive ketones (excluding diaryl/α,β-unsaturated/α-hetero) is 1. The smallest absolute Gasteiger partial charge is 0.235 e. The molecule has 0 unspecified atom stereocenters. The first-order valence-corrected chi connectivity index (χ1v) is 7.21. The Kier molecular flexibility index (Phi) is 3.78. The maximum absolute atomic E-state index is 12.8. The van der Waals surface area contributed by atoms with Crippen LogP contribution in [-0.2, 0) is 4.79 Å². The van der Waals surface area contributed by atoms with Gasteiger partial charge in [0.25, 0.3) is 0 Å². The minimum absolute atomic E-state index is 0.00842. The first kappa shape index (κ1) is 15.1. The Morgan fingerprint density at radius 1 is 1.22 bits per heavy atom. The van der Waals surface area contributed by atoms with Crippen molar-refractivity contribution >= 4 is 16.8 Å². The van der Waals surface area contributed by atoms with E-state index in [1.165, 1.54) is 13.2 Å². The Labute approximate surface area is 132 Å². The van der Waals surface area contributed by atoms with Crippen molar-refractivity contribution in [3.63, 3.8) is 0 Å². The molecule has 3 rings (SSSR count). The van der Waals surface area contributed by atoms with Gasteiger partial charge in [0.1, 0.15) is 12.2 Å². The van der Waals surface area contributed by atoms with E-state index < -0.39 is 0 Å². The Morgan fingerprint density at radius 2 is 1.96 bits per heavy atom. The van der Waals surface area contributed by atoms with Gasteiger partial charge in [-0.15, -0.1) is 0 Å². The molecule has 118 valence electrons. The van der Waals surface area contributed by atoms with Gasteiger partial charge in [0.05, 0.1) is 11.6 Å². The van der Waals surface area contributed by atoms with Crippen LogP contribution in [0.15, 0.2) is 44.2 Å². The van der Waals surface area contributed by atoms with Crippen molar-refractivity contribution in [1.82, 2.24) is 0 Å². The minimum Gasteiger partial charge on any atom is -0.478 e. The number of hydrogen-bond acceptors (Lipinski definition) is 5. The van der Waals surface area contributed by atoms with Crippen LogP contribution in [0.2, 0.25) is 0 Å². The molecule has 0 saturated carbocycles. The second-order valence-corrected chi connectivity index (χ2v) is 5.49. The highest BCUT2D eigenvalue weighted by atomic mass is 16.5. The molecule has 0 N–H and O–H groups in total. The Balaban J connectivity index is 2.30. The van der Waals surface area contributed by atoms with Crippen LogP contribution in [0, 0.1) is 13.8 Å². The van der Waals surface area contributed by atoms with E-state index in [1.807, 2.05) is 19.9 Å². The molecule has 5 nitrogen and oxygen atoms in total. The van der Waals surface area contributed by atoms with E-state index in [1.54, 1.807) is 18.2 Å². The standard InChI is InChI=1S/C18H16O5/c1-10-7-13-15(8-11(10)2)23-17(14-5-4-6-21-14)18(16(13)20)22-9-12(3)19/h4-8H,9H2,1-3H3. The van der Waals surface area contributed by atoms with Gasteiger partial charge in [-0.05, 0) is 56.2 Å². The van der Waals surface area contributed by atoms with Gasteiger partial charge in [0.15, 0.2) is 11.5 Å². The van der Waals surface area contributed by atoms with E-state index in [9.17, 15) is 9.59 Å². The lowest BCUT2D eigenvalue weighted by Crippen LogP contribution is -2.15. The van der Waals surface area contributed by atoms with Crippen LogP contribution < -0.4 is 10.2 Å². The SMILES string of the molecule is CC(=O)COc1c(-c2ccco2)oc2cc(C)c(C)cc2c1=O. The van der Waals surface area contributed by atoms with Crippen molar-refractivity contribution < 1.29 is 18.4 Å². The number of carbonyl (C=O) groups is 1. The molecule has 0 saturated heterocycles. The molecule has 0 amide bonds. The van der Waals surface area contributed by atoms with Gasteiger partial charge >= 0.3 is 0 Å². The van der Waals surface area contributed by atoms with Crippen LogP contribution in [0.4, 0.5) is 0 Å². The molecule has 0 aliphatic heterocycles. The molecule has 23 heavy (non-hydrogen) atoms. The quantitative estimate of drug-likeness (QED) is 0.735. The van der Waals surface area contributed by atoms with Crippen molar-refractivity contribution in [2.24, 2.45) is 0 Å². The molecule has 3 aromatic rings. The van der Waals surface area contributed by atoms with Crippen LogP contribution in [0.1, 0.15) is 18.1 Å². The number of carbonyl (C=O) groups excluding carboxylic acids is 1. The van der Waals surface area contributed by atoms with Crippen LogP contribution in [0.5, 0.6) is 5.75 Å². The largest absolute Gasteiger partial charge is 0.478 e. The van der Waals surface area contributed by atoms with Gasteiger partial charge in [0.2, 0.25) is 16.9 Å². The highest BCUT2D eigenvalue weighted by molar-refractivity contribution is 5.83. The third-order valence-electron chi connectivity index (χ3n) is 3.63. The monoisotopic (exact) mass is 312 g/mol. The highest BCUT2D eigenvalue weighted by Crippen LogP contribution is 2.32. The third kappa shape index (κ3) is 2.77. The molecule has 5 heteroatoms. The molecule has 0 aliphatic rings. The first-order chi connectivity index (χ1) is 11.0. The molecule has 0 fully saturated rings. The summed E-state index contributed by atoms with van der Waals surface area (Å²) in [6, 6.07) is 6.94. The summed E-state index contributed by atoms with van der Waals surface area (Å²) in [5.74, 6) is 0.374. The summed E-state index contributed by atoms with van der Waals surface area (Å²) >= 11 is 0. The fraction of sp³-hybridized carbons (Fsp3) is 0.222. The van der Waals surface area contributed by atoms with E-state index >= 15 is 0 Å². The number of fused-ring (bicyclic) bond motifs is 1. The van der Waals surface area contributed by atoms with E-state index in [0.29, 0.717) is 16.7 Å². The van der Waals surface area contributed by atoms with Gasteiger partial charge in [-0.25, -0.2) is 0 Å². The number of ether oxygens (including phenoxy) is 1. The summed E-state index contributed by atoms with van der Waals surface area (Å²) < 4.78 is 16.6. The number of furan rings is 1. The predicted octanol–water partition coefficient (Wildman–Crippen LogP) is 3.64. The fourth-order valence-corrected chi connectivity index (χ4v) is 2.31. The Bertz CT molecular complexity index is 932. The Morgan fingerprint density at radius 3 is 2.61 bits per heavy atom. The molecule has 0 radical (unpaired) electrons. The zero-order valence-corrected chi connectivity index (χ0v) is 13.1. The molecular formula is C18H16O5. The normalized spacial score (nSPS) is 10.9. The summed E-state index contributed by atoms with van der Waals surface area (Å²) in [7, 11) is 0. The molecular weight excluding hydrogens is 296 g/mol. The number of benzene rings is 1. The molecule has 2 aromatic heterocycles. The molecule has 0 atom stereocenters. The summed E-state index contributed by atoms with van der Waals surface area (Å²) in [6.45, 7) is 5.06. The predicted molar refractivity (Wildman–Crippen MR) is 85.8 cm³/mol. The average Bonchev–Trinajstić information content (AvgIpc) is 3.02. The number of rotatable bonds is 4. The van der Waals surface area contributed by atoms with Gasteiger partial charge in [-0.1, -0.05) is 0 Å². The van der Waals surface area contributed by atoms with Crippen LogP contribution in [0.3, 0.4) is 0 Å². The minimum atomic E-state index is -0.318. The summed E-state index contributed by atoms with van der Waals surface area (Å²) in [4.78, 5) is 24.0. The number of ketones is 1. The lowest BCUT2D eigenvalue weighted by molar-refractivity contribution is -0.118. The van der Waals surface area contributed by atoms with E-state index in [4.69, 9.17) is 13.6 Å². The Hall–Kier alpha value is -2.82. The average molecular weight is 312 g/mol. The van der Waals surface area contributed by atoms with Crippen LogP contribution in [0.25, 0.3) is 22.5 Å². The number of aryl methyl sites for hydroxylation is 2. The lowest BCUT2D eigenvalue weighted by Gasteiger charge is -2.10. The summed E-state index contributed by atoms with van der Waals surface area (Å²) in [5.41, 5.74) is 2.14. The summed E-state index contributed by atoms with van der Waals surface area (Å²) in [5, 5.41) is 0.418. The van der Waals surface area contributed by atoms with Crippen molar-refractivity contribution in [2.75, 3.05) is 6.61 Å². The topological polar surface area (TPSA) is 69.7 Å². The third-order valence-corrected chi connectivity index (χ3v) is 3.63. The lowest BCUT2D eigenvalue weighted by atomic mass is 10.1. The molecule has 0 aliphatic carbocycles. The molecule has 1 aromatic carbocycles. The molecule has 0 spiro atoms. The zero-order chi connectivity index (χ0) is 16.6. The first-order valence-electron chi connectivity index (χ1n) is 7.21. The maximum Gasteiger partial charge on any atom is 0.235 e. The fourth-order valence-electron chi connectivity index (χ4n) is 2.31. The van der Waals surface area contributed by atoms with Crippen molar-refractivity contribution in [3.05, 3.63) is 51.9 Å².